The lowest BCUT2D eigenvalue weighted by atomic mass is 9.91. The van der Waals surface area contributed by atoms with E-state index in [4.69, 9.17) is 15.0 Å². The van der Waals surface area contributed by atoms with Gasteiger partial charge < -0.3 is 20.3 Å². The summed E-state index contributed by atoms with van der Waals surface area (Å²) in [7, 11) is 3.78. The van der Waals surface area contributed by atoms with Crippen LogP contribution in [0.5, 0.6) is 5.75 Å². The van der Waals surface area contributed by atoms with Crippen molar-refractivity contribution in [2.75, 3.05) is 39.1 Å². The lowest BCUT2D eigenvalue weighted by Gasteiger charge is -2.27. The molecule has 1 amide bonds. The Morgan fingerprint density at radius 3 is 2.76 bits per heavy atom. The summed E-state index contributed by atoms with van der Waals surface area (Å²) in [4.78, 5) is 20.5. The predicted octanol–water partition coefficient (Wildman–Crippen LogP) is 5.50. The fourth-order valence-corrected chi connectivity index (χ4v) is 5.44. The van der Waals surface area contributed by atoms with Gasteiger partial charge in [0.15, 0.2) is 0 Å². The third kappa shape index (κ3) is 6.15. The van der Waals surface area contributed by atoms with E-state index in [0.29, 0.717) is 35.4 Å². The van der Waals surface area contributed by atoms with Gasteiger partial charge in [0, 0.05) is 42.2 Å². The number of carbonyl (C=O) groups excluding carboxylic acids is 1. The van der Waals surface area contributed by atoms with Crippen molar-refractivity contribution in [1.82, 2.24) is 15.2 Å². The molecular weight excluding hydrogens is 474 g/mol. The topological polar surface area (TPSA) is 90.3 Å². The van der Waals surface area contributed by atoms with E-state index >= 15 is 0 Å². The van der Waals surface area contributed by atoms with E-state index in [0.717, 1.165) is 53.6 Å². The highest BCUT2D eigenvalue weighted by molar-refractivity contribution is 5.99. The van der Waals surface area contributed by atoms with Crippen molar-refractivity contribution in [1.29, 1.82) is 5.26 Å². The van der Waals surface area contributed by atoms with Gasteiger partial charge in [-0.25, -0.2) is 4.98 Å². The van der Waals surface area contributed by atoms with E-state index in [1.54, 1.807) is 13.2 Å². The van der Waals surface area contributed by atoms with E-state index in [9.17, 15) is 4.79 Å². The van der Waals surface area contributed by atoms with Crippen LogP contribution in [-0.4, -0.2) is 55.6 Å². The zero-order valence-electron chi connectivity index (χ0n) is 22.8. The quantitative estimate of drug-likeness (QED) is 0.388. The molecule has 0 bridgehead atoms. The summed E-state index contributed by atoms with van der Waals surface area (Å²) in [6.07, 6.45) is 1.99. The number of anilines is 1. The fraction of sp³-hybridized carbons (Fsp3) is 0.387. The van der Waals surface area contributed by atoms with Gasteiger partial charge in [0.2, 0.25) is 0 Å². The number of likely N-dealkylation sites (tertiary alicyclic amines) is 1. The molecule has 2 heterocycles. The van der Waals surface area contributed by atoms with Crippen LogP contribution in [0.1, 0.15) is 37.2 Å². The van der Waals surface area contributed by atoms with Crippen molar-refractivity contribution < 1.29 is 9.53 Å². The number of hydrogen-bond donors (Lipinski definition) is 2. The highest BCUT2D eigenvalue weighted by Gasteiger charge is 2.29. The van der Waals surface area contributed by atoms with E-state index < -0.39 is 0 Å². The third-order valence-corrected chi connectivity index (χ3v) is 7.35. The molecule has 1 aliphatic heterocycles. The number of nitriles is 1. The molecule has 0 aliphatic carbocycles. The molecule has 3 aromatic rings. The van der Waals surface area contributed by atoms with Crippen LogP contribution in [0.2, 0.25) is 0 Å². The largest absolute Gasteiger partial charge is 0.495 e. The van der Waals surface area contributed by atoms with Crippen LogP contribution in [0.3, 0.4) is 0 Å². The van der Waals surface area contributed by atoms with Gasteiger partial charge in [-0.3, -0.25) is 4.79 Å². The number of nitrogens with zero attached hydrogens (tertiary/aromatic N) is 3. The van der Waals surface area contributed by atoms with E-state index in [1.807, 2.05) is 42.5 Å². The molecule has 1 saturated heterocycles. The van der Waals surface area contributed by atoms with Crippen LogP contribution in [-0.2, 0) is 0 Å². The minimum atomic E-state index is -0.133. The molecule has 1 fully saturated rings. The zero-order chi connectivity index (χ0) is 27.2. The number of nitrogens with one attached hydrogen (secondary N) is 2. The van der Waals surface area contributed by atoms with Crippen molar-refractivity contribution in [3.63, 3.8) is 0 Å². The highest BCUT2D eigenvalue weighted by atomic mass is 16.5. The van der Waals surface area contributed by atoms with Gasteiger partial charge in [0.05, 0.1) is 24.6 Å². The van der Waals surface area contributed by atoms with E-state index in [1.165, 1.54) is 0 Å². The first-order valence-corrected chi connectivity index (χ1v) is 13.2. The number of carbonyl (C=O) groups is 1. The molecule has 3 unspecified atom stereocenters. The van der Waals surface area contributed by atoms with Crippen LogP contribution >= 0.6 is 0 Å². The predicted molar refractivity (Wildman–Crippen MR) is 153 cm³/mol. The molecule has 3 atom stereocenters. The lowest BCUT2D eigenvalue weighted by Crippen LogP contribution is -2.42. The smallest absolute Gasteiger partial charge is 0.270 e. The Labute approximate surface area is 225 Å². The van der Waals surface area contributed by atoms with Gasteiger partial charge in [-0.1, -0.05) is 51.1 Å². The molecule has 2 N–H and O–H groups in total. The Hall–Kier alpha value is -3.89. The van der Waals surface area contributed by atoms with Crippen molar-refractivity contribution in [2.45, 2.75) is 32.7 Å². The normalized spacial score (nSPS) is 19.8. The molecule has 38 heavy (non-hydrogen) atoms. The molecular formula is C31H37N5O2. The number of methoxy groups -OCH3 is 1. The second-order valence-electron chi connectivity index (χ2n) is 10.4. The minimum Gasteiger partial charge on any atom is -0.495 e. The van der Waals surface area contributed by atoms with E-state index in [2.05, 4.69) is 49.1 Å². The Morgan fingerprint density at radius 1 is 1.24 bits per heavy atom. The van der Waals surface area contributed by atoms with Crippen molar-refractivity contribution >= 4 is 22.4 Å². The average molecular weight is 512 g/mol. The number of benzene rings is 2. The number of aromatic nitrogens is 1. The van der Waals surface area contributed by atoms with Crippen LogP contribution in [0.25, 0.3) is 22.0 Å². The Bertz CT molecular complexity index is 1360. The summed E-state index contributed by atoms with van der Waals surface area (Å²) in [5.41, 5.74) is 3.24. The minimum absolute atomic E-state index is 0.128. The molecule has 1 aliphatic rings. The van der Waals surface area contributed by atoms with Crippen LogP contribution in [0.15, 0.2) is 60.7 Å². The molecule has 7 heteroatoms. The first kappa shape index (κ1) is 27.2. The molecule has 4 rings (SSSR count). The second-order valence-corrected chi connectivity index (χ2v) is 10.4. The summed E-state index contributed by atoms with van der Waals surface area (Å²) in [6, 6.07) is 17.7. The highest BCUT2D eigenvalue weighted by Crippen LogP contribution is 2.35. The van der Waals surface area contributed by atoms with Gasteiger partial charge in [0.25, 0.3) is 5.91 Å². The molecule has 198 valence electrons. The third-order valence-electron chi connectivity index (χ3n) is 7.35. The Balaban J connectivity index is 1.63. The van der Waals surface area contributed by atoms with Crippen LogP contribution < -0.4 is 15.4 Å². The molecule has 7 nitrogen and oxygen atoms in total. The van der Waals surface area contributed by atoms with Crippen molar-refractivity contribution in [3.05, 3.63) is 66.4 Å². The second kappa shape index (κ2) is 12.1. The van der Waals surface area contributed by atoms with Gasteiger partial charge in [-0.05, 0) is 55.0 Å². The Morgan fingerprint density at radius 2 is 2.03 bits per heavy atom. The summed E-state index contributed by atoms with van der Waals surface area (Å²) >= 11 is 0. The molecule has 0 radical (unpaired) electrons. The summed E-state index contributed by atoms with van der Waals surface area (Å²) < 4.78 is 5.58. The van der Waals surface area contributed by atoms with Gasteiger partial charge in [-0.2, -0.15) is 5.26 Å². The maximum atomic E-state index is 13.3. The summed E-state index contributed by atoms with van der Waals surface area (Å²) in [5.74, 6) is 1.47. The summed E-state index contributed by atoms with van der Waals surface area (Å²) in [6.45, 7) is 10.6. The maximum absolute atomic E-state index is 13.3. The van der Waals surface area contributed by atoms with Crippen LogP contribution in [0, 0.1) is 23.2 Å². The molecule has 0 saturated carbocycles. The molecule has 0 spiro atoms. The molecule has 1 aromatic heterocycles. The standard InChI is InChI=1S/C31H37N5O2/c1-6-22-19-36(4)18-20(2)14-28(22)35-31(37)27-9-7-8-26(34-27)24-11-10-23-12-13-29(38-5)30(25(23)15-24)33-17-21(3)16-32/h7-13,15,20,22,28,33H,3,6,14,17-19H2,1-2,4-5H3,(H,35,37). The fourth-order valence-electron chi connectivity index (χ4n) is 5.44. The maximum Gasteiger partial charge on any atom is 0.270 e. The van der Waals surface area contributed by atoms with Crippen molar-refractivity contribution in [2.24, 2.45) is 11.8 Å². The van der Waals surface area contributed by atoms with Crippen molar-refractivity contribution in [3.8, 4) is 23.1 Å². The van der Waals surface area contributed by atoms with Gasteiger partial charge in [-0.15, -0.1) is 0 Å². The Kier molecular flexibility index (Phi) is 8.65. The van der Waals surface area contributed by atoms with Gasteiger partial charge in [0.1, 0.15) is 11.4 Å². The number of ether oxygens (including phenoxy) is 1. The first-order valence-electron chi connectivity index (χ1n) is 13.2. The van der Waals surface area contributed by atoms with Crippen LogP contribution in [0.4, 0.5) is 5.69 Å². The number of pyridine rings is 1. The first-order chi connectivity index (χ1) is 18.3. The monoisotopic (exact) mass is 511 g/mol. The average Bonchev–Trinajstić information content (AvgIpc) is 3.07. The zero-order valence-corrected chi connectivity index (χ0v) is 22.8. The molecule has 2 aromatic carbocycles. The summed E-state index contributed by atoms with van der Waals surface area (Å²) in [5, 5.41) is 17.7. The lowest BCUT2D eigenvalue weighted by molar-refractivity contribution is 0.0910. The number of hydrogen-bond acceptors (Lipinski definition) is 6. The van der Waals surface area contributed by atoms with E-state index in [-0.39, 0.29) is 11.9 Å². The number of fused-ring (bicyclic) bond motifs is 1. The SMILES string of the molecule is C=C(C#N)CNc1c(OC)ccc2ccc(-c3cccc(C(=O)NC4CC(C)CN(C)CC4CC)n3)cc12. The number of rotatable bonds is 8. The van der Waals surface area contributed by atoms with Gasteiger partial charge >= 0.3 is 0 Å². The number of amides is 1.